The van der Waals surface area contributed by atoms with Crippen molar-refractivity contribution in [2.24, 2.45) is 0 Å². The summed E-state index contributed by atoms with van der Waals surface area (Å²) in [5.74, 6) is 0.326. The fraction of sp³-hybridized carbons (Fsp3) is 0.400. The van der Waals surface area contributed by atoms with Crippen molar-refractivity contribution in [3.63, 3.8) is 0 Å². The van der Waals surface area contributed by atoms with Crippen molar-refractivity contribution in [3.05, 3.63) is 42.2 Å². The standard InChI is InChI=1S/C25H27NO6/c1-25(2,3)32-24(29)26-10-11-30-17-6-8-18-15(12-17)4-9-22-23(18)20(14-31-22)19-7-5-16(27)13-21(19)28/h4,6,8-9,12,14,19H,5,7,10-11,13H2,1-3H3,(H,26,29)/t19-/m0/s1. The van der Waals surface area contributed by atoms with E-state index in [0.29, 0.717) is 37.3 Å². The van der Waals surface area contributed by atoms with Crippen LogP contribution < -0.4 is 10.1 Å². The fourth-order valence-corrected chi connectivity index (χ4v) is 4.05. The molecule has 1 N–H and O–H groups in total. The summed E-state index contributed by atoms with van der Waals surface area (Å²) in [6, 6.07) is 9.56. The molecule has 1 saturated carbocycles. The Morgan fingerprint density at radius 2 is 2.00 bits per heavy atom. The van der Waals surface area contributed by atoms with Crippen molar-refractivity contribution in [1.29, 1.82) is 0 Å². The normalized spacial score (nSPS) is 17.0. The number of carbonyl (C=O) groups excluding carboxylic acids is 3. The Morgan fingerprint density at radius 3 is 2.75 bits per heavy atom. The lowest BCUT2D eigenvalue weighted by atomic mass is 9.81. The van der Waals surface area contributed by atoms with Crippen LogP contribution in [0.2, 0.25) is 0 Å². The van der Waals surface area contributed by atoms with Gasteiger partial charge in [-0.1, -0.05) is 6.07 Å². The van der Waals surface area contributed by atoms with Crippen molar-refractivity contribution in [2.75, 3.05) is 13.2 Å². The molecule has 0 unspecified atom stereocenters. The number of hydrogen-bond donors (Lipinski definition) is 1. The molecule has 1 atom stereocenters. The van der Waals surface area contributed by atoms with E-state index in [1.54, 1.807) is 6.26 Å². The molecular formula is C25H27NO6. The molecule has 2 aromatic carbocycles. The lowest BCUT2D eigenvalue weighted by Gasteiger charge is -2.19. The lowest BCUT2D eigenvalue weighted by molar-refractivity contribution is -0.130. The first-order valence-electron chi connectivity index (χ1n) is 10.8. The molecule has 32 heavy (non-hydrogen) atoms. The first-order chi connectivity index (χ1) is 15.2. The van der Waals surface area contributed by atoms with E-state index in [1.807, 2.05) is 51.1 Å². The number of fused-ring (bicyclic) bond motifs is 3. The van der Waals surface area contributed by atoms with Gasteiger partial charge in [0.15, 0.2) is 0 Å². The van der Waals surface area contributed by atoms with E-state index in [0.717, 1.165) is 21.7 Å². The molecule has 1 aliphatic carbocycles. The number of ketones is 2. The second-order valence-electron chi connectivity index (χ2n) is 9.06. The number of carbonyl (C=O) groups is 3. The number of hydrogen-bond acceptors (Lipinski definition) is 6. The summed E-state index contributed by atoms with van der Waals surface area (Å²) in [6.45, 7) is 6.05. The number of furan rings is 1. The summed E-state index contributed by atoms with van der Waals surface area (Å²) in [6.07, 6.45) is 2.11. The zero-order valence-electron chi connectivity index (χ0n) is 18.5. The summed E-state index contributed by atoms with van der Waals surface area (Å²) in [5.41, 5.74) is 1.02. The van der Waals surface area contributed by atoms with Gasteiger partial charge in [0.25, 0.3) is 0 Å². The van der Waals surface area contributed by atoms with Gasteiger partial charge >= 0.3 is 6.09 Å². The summed E-state index contributed by atoms with van der Waals surface area (Å²) in [7, 11) is 0. The van der Waals surface area contributed by atoms with Gasteiger partial charge in [0, 0.05) is 23.3 Å². The van der Waals surface area contributed by atoms with Crippen molar-refractivity contribution in [2.45, 2.75) is 51.6 Å². The van der Waals surface area contributed by atoms with Crippen LogP contribution in [0.5, 0.6) is 5.75 Å². The first-order valence-corrected chi connectivity index (χ1v) is 10.8. The summed E-state index contributed by atoms with van der Waals surface area (Å²) >= 11 is 0. The van der Waals surface area contributed by atoms with E-state index >= 15 is 0 Å². The van der Waals surface area contributed by atoms with E-state index in [2.05, 4.69) is 5.32 Å². The molecule has 0 aliphatic heterocycles. The summed E-state index contributed by atoms with van der Waals surface area (Å²) in [5, 5.41) is 5.50. The number of rotatable bonds is 5. The zero-order valence-corrected chi connectivity index (χ0v) is 18.5. The van der Waals surface area contributed by atoms with E-state index in [9.17, 15) is 14.4 Å². The maximum absolute atomic E-state index is 12.5. The summed E-state index contributed by atoms with van der Waals surface area (Å²) in [4.78, 5) is 35.8. The van der Waals surface area contributed by atoms with Crippen LogP contribution in [0.15, 0.2) is 41.0 Å². The first kappa shape index (κ1) is 21.9. The zero-order chi connectivity index (χ0) is 22.9. The highest BCUT2D eigenvalue weighted by Gasteiger charge is 2.31. The predicted molar refractivity (Wildman–Crippen MR) is 120 cm³/mol. The average molecular weight is 437 g/mol. The van der Waals surface area contributed by atoms with Gasteiger partial charge < -0.3 is 19.2 Å². The van der Waals surface area contributed by atoms with Gasteiger partial charge in [0.1, 0.15) is 35.1 Å². The van der Waals surface area contributed by atoms with Crippen LogP contribution in [-0.2, 0) is 14.3 Å². The third kappa shape index (κ3) is 4.77. The van der Waals surface area contributed by atoms with Gasteiger partial charge in [-0.3, -0.25) is 9.59 Å². The number of amides is 1. The Labute approximate surface area is 186 Å². The Bertz CT molecular complexity index is 1190. The molecule has 0 bridgehead atoms. The number of ether oxygens (including phenoxy) is 2. The second-order valence-corrected chi connectivity index (χ2v) is 9.06. The smallest absolute Gasteiger partial charge is 0.407 e. The van der Waals surface area contributed by atoms with Gasteiger partial charge in [-0.2, -0.15) is 0 Å². The maximum Gasteiger partial charge on any atom is 0.407 e. The molecule has 1 heterocycles. The van der Waals surface area contributed by atoms with E-state index < -0.39 is 11.7 Å². The van der Waals surface area contributed by atoms with E-state index in [4.69, 9.17) is 13.9 Å². The van der Waals surface area contributed by atoms with Gasteiger partial charge in [0.2, 0.25) is 0 Å². The molecule has 1 aliphatic rings. The third-order valence-electron chi connectivity index (χ3n) is 5.44. The SMILES string of the molecule is CC(C)(C)OC(=O)NCCOc1ccc2c(ccc3occ([C@@H]4CCC(=O)CC4=O)c32)c1. The van der Waals surface area contributed by atoms with Gasteiger partial charge in [0.05, 0.1) is 19.2 Å². The van der Waals surface area contributed by atoms with Crippen LogP contribution in [0.4, 0.5) is 4.79 Å². The van der Waals surface area contributed by atoms with Crippen molar-refractivity contribution >= 4 is 39.4 Å². The Morgan fingerprint density at radius 1 is 1.19 bits per heavy atom. The Kier molecular flexibility index (Phi) is 5.91. The van der Waals surface area contributed by atoms with Gasteiger partial charge in [-0.05, 0) is 62.2 Å². The molecule has 1 amide bonds. The van der Waals surface area contributed by atoms with Crippen LogP contribution in [0.3, 0.4) is 0 Å². The molecule has 4 rings (SSSR count). The molecule has 0 spiro atoms. The number of Topliss-reactive ketones (excluding diaryl/α,β-unsaturated/α-hetero) is 2. The van der Waals surface area contributed by atoms with Crippen molar-refractivity contribution < 1.29 is 28.3 Å². The highest BCUT2D eigenvalue weighted by Crippen LogP contribution is 2.38. The van der Waals surface area contributed by atoms with Gasteiger partial charge in [-0.15, -0.1) is 0 Å². The molecule has 7 heteroatoms. The van der Waals surface area contributed by atoms with Gasteiger partial charge in [-0.25, -0.2) is 4.79 Å². The Hall–Kier alpha value is -3.35. The van der Waals surface area contributed by atoms with Crippen LogP contribution in [0, 0.1) is 0 Å². The fourth-order valence-electron chi connectivity index (χ4n) is 4.05. The number of nitrogens with one attached hydrogen (secondary N) is 1. The van der Waals surface area contributed by atoms with Crippen molar-refractivity contribution in [1.82, 2.24) is 5.32 Å². The highest BCUT2D eigenvalue weighted by atomic mass is 16.6. The number of benzene rings is 2. The van der Waals surface area contributed by atoms with Crippen LogP contribution in [-0.4, -0.2) is 36.4 Å². The van der Waals surface area contributed by atoms with Crippen LogP contribution in [0.25, 0.3) is 21.7 Å². The second kappa shape index (κ2) is 8.65. The average Bonchev–Trinajstić information content (AvgIpc) is 3.14. The van der Waals surface area contributed by atoms with E-state index in [-0.39, 0.29) is 23.9 Å². The lowest BCUT2D eigenvalue weighted by Crippen LogP contribution is -2.34. The largest absolute Gasteiger partial charge is 0.492 e. The quantitative estimate of drug-likeness (QED) is 0.451. The minimum absolute atomic E-state index is 0.00255. The maximum atomic E-state index is 12.5. The summed E-state index contributed by atoms with van der Waals surface area (Å²) < 4.78 is 16.7. The molecular weight excluding hydrogens is 410 g/mol. The van der Waals surface area contributed by atoms with E-state index in [1.165, 1.54) is 0 Å². The monoisotopic (exact) mass is 437 g/mol. The third-order valence-corrected chi connectivity index (χ3v) is 5.44. The Balaban J connectivity index is 1.49. The minimum atomic E-state index is -0.543. The molecule has 7 nitrogen and oxygen atoms in total. The minimum Gasteiger partial charge on any atom is -0.492 e. The topological polar surface area (TPSA) is 94.8 Å². The molecule has 0 radical (unpaired) electrons. The predicted octanol–water partition coefficient (Wildman–Crippen LogP) is 4.90. The van der Waals surface area contributed by atoms with Crippen LogP contribution >= 0.6 is 0 Å². The van der Waals surface area contributed by atoms with Crippen molar-refractivity contribution in [3.8, 4) is 5.75 Å². The number of alkyl carbamates (subject to hydrolysis) is 1. The molecule has 0 saturated heterocycles. The molecule has 168 valence electrons. The molecule has 1 aromatic heterocycles. The highest BCUT2D eigenvalue weighted by molar-refractivity contribution is 6.11. The van der Waals surface area contributed by atoms with Crippen LogP contribution in [0.1, 0.15) is 51.5 Å². The molecule has 3 aromatic rings. The molecule has 1 fully saturated rings.